The summed E-state index contributed by atoms with van der Waals surface area (Å²) < 4.78 is 11.4. The van der Waals surface area contributed by atoms with Gasteiger partial charge in [-0.05, 0) is 48.9 Å². The maximum Gasteiger partial charge on any atom is 0.241 e. The van der Waals surface area contributed by atoms with E-state index < -0.39 is 0 Å². The van der Waals surface area contributed by atoms with Crippen LogP contribution in [0.4, 0.5) is 0 Å². The first-order valence-electron chi connectivity index (χ1n) is 9.43. The summed E-state index contributed by atoms with van der Waals surface area (Å²) in [6, 6.07) is 16.4. The predicted molar refractivity (Wildman–Crippen MR) is 106 cm³/mol. The minimum absolute atomic E-state index is 0.0297. The van der Waals surface area contributed by atoms with Crippen molar-refractivity contribution in [2.75, 3.05) is 13.7 Å². The molecule has 2 aromatic carbocycles. The highest BCUT2D eigenvalue weighted by molar-refractivity contribution is 5.86. The standard InChI is InChI=1S/C22H26N2O3/c1-26-20-12-11-18(19-15-22(25)24-23-16-19)14-21(20)27-13-7-3-6-10-17-8-4-2-5-9-17/h2,4-5,8-9,11-12,14,16,19H,3,6-7,10,13,15H2,1H3,(H,24,25). The number of carbonyl (C=O) groups is 1. The number of unbranched alkanes of at least 4 members (excludes halogenated alkanes) is 2. The number of benzene rings is 2. The maximum absolute atomic E-state index is 11.5. The van der Waals surface area contributed by atoms with E-state index in [9.17, 15) is 4.79 Å². The Morgan fingerprint density at radius 1 is 1.07 bits per heavy atom. The molecule has 0 saturated carbocycles. The Morgan fingerprint density at radius 2 is 1.93 bits per heavy atom. The zero-order valence-electron chi connectivity index (χ0n) is 15.7. The number of carbonyl (C=O) groups excluding carboxylic acids is 1. The molecule has 0 fully saturated rings. The molecule has 1 unspecified atom stereocenters. The van der Waals surface area contributed by atoms with Crippen molar-refractivity contribution >= 4 is 12.1 Å². The number of aryl methyl sites for hydroxylation is 1. The molecule has 0 saturated heterocycles. The fraction of sp³-hybridized carbons (Fsp3) is 0.364. The molecule has 1 aliphatic rings. The summed E-state index contributed by atoms with van der Waals surface area (Å²) in [5.74, 6) is 1.33. The van der Waals surface area contributed by atoms with Gasteiger partial charge in [-0.1, -0.05) is 36.4 Å². The van der Waals surface area contributed by atoms with Crippen molar-refractivity contribution in [2.24, 2.45) is 5.10 Å². The summed E-state index contributed by atoms with van der Waals surface area (Å²) in [5, 5.41) is 3.91. The zero-order chi connectivity index (χ0) is 18.9. The van der Waals surface area contributed by atoms with E-state index >= 15 is 0 Å². The van der Waals surface area contributed by atoms with Gasteiger partial charge in [-0.25, -0.2) is 5.43 Å². The number of methoxy groups -OCH3 is 1. The average Bonchev–Trinajstić information content (AvgIpc) is 2.71. The molecule has 1 heterocycles. The lowest BCUT2D eigenvalue weighted by molar-refractivity contribution is -0.121. The van der Waals surface area contributed by atoms with E-state index in [-0.39, 0.29) is 11.8 Å². The van der Waals surface area contributed by atoms with Gasteiger partial charge in [-0.15, -0.1) is 0 Å². The minimum Gasteiger partial charge on any atom is -0.493 e. The van der Waals surface area contributed by atoms with Crippen molar-refractivity contribution in [3.8, 4) is 11.5 Å². The van der Waals surface area contributed by atoms with Crippen LogP contribution in [0.15, 0.2) is 53.6 Å². The highest BCUT2D eigenvalue weighted by atomic mass is 16.5. The lowest BCUT2D eigenvalue weighted by Crippen LogP contribution is -2.26. The van der Waals surface area contributed by atoms with E-state index in [1.165, 1.54) is 5.56 Å². The van der Waals surface area contributed by atoms with Gasteiger partial charge in [-0.2, -0.15) is 5.10 Å². The Bertz CT molecular complexity index is 774. The van der Waals surface area contributed by atoms with Crippen LogP contribution in [0, 0.1) is 0 Å². The first kappa shape index (κ1) is 19.0. The van der Waals surface area contributed by atoms with E-state index in [2.05, 4.69) is 34.8 Å². The number of hydrazone groups is 1. The van der Waals surface area contributed by atoms with Crippen LogP contribution in [0.25, 0.3) is 0 Å². The Hall–Kier alpha value is -2.82. The van der Waals surface area contributed by atoms with Crippen molar-refractivity contribution in [1.29, 1.82) is 0 Å². The van der Waals surface area contributed by atoms with Crippen molar-refractivity contribution in [3.63, 3.8) is 0 Å². The summed E-state index contributed by atoms with van der Waals surface area (Å²) in [6.07, 6.45) is 6.52. The van der Waals surface area contributed by atoms with Gasteiger partial charge >= 0.3 is 0 Å². The molecule has 1 atom stereocenters. The Balaban J connectivity index is 1.49. The van der Waals surface area contributed by atoms with E-state index in [4.69, 9.17) is 9.47 Å². The molecule has 0 bridgehead atoms. The largest absolute Gasteiger partial charge is 0.493 e. The fourth-order valence-corrected chi connectivity index (χ4v) is 3.17. The van der Waals surface area contributed by atoms with E-state index in [0.717, 1.165) is 37.0 Å². The number of amides is 1. The summed E-state index contributed by atoms with van der Waals surface area (Å²) in [7, 11) is 1.64. The van der Waals surface area contributed by atoms with Gasteiger partial charge in [-0.3, -0.25) is 4.79 Å². The SMILES string of the molecule is COc1ccc(C2C=NNC(=O)C2)cc1OCCCCCc1ccccc1. The Morgan fingerprint density at radius 3 is 2.70 bits per heavy atom. The molecule has 3 rings (SSSR count). The van der Waals surface area contributed by atoms with Gasteiger partial charge < -0.3 is 9.47 Å². The first-order valence-corrected chi connectivity index (χ1v) is 9.43. The van der Waals surface area contributed by atoms with Crippen LogP contribution in [0.3, 0.4) is 0 Å². The van der Waals surface area contributed by atoms with Gasteiger partial charge in [0.1, 0.15) is 0 Å². The minimum atomic E-state index is -0.0702. The number of hydrogen-bond acceptors (Lipinski definition) is 4. The van der Waals surface area contributed by atoms with Crippen LogP contribution < -0.4 is 14.9 Å². The number of ether oxygens (including phenoxy) is 2. The summed E-state index contributed by atoms with van der Waals surface area (Å²) in [5.41, 5.74) is 4.85. The molecule has 142 valence electrons. The molecule has 0 aliphatic carbocycles. The van der Waals surface area contributed by atoms with Gasteiger partial charge in [0.05, 0.1) is 13.7 Å². The van der Waals surface area contributed by atoms with Gasteiger partial charge in [0.15, 0.2) is 11.5 Å². The van der Waals surface area contributed by atoms with Crippen LogP contribution in [-0.4, -0.2) is 25.8 Å². The Labute approximate surface area is 160 Å². The smallest absolute Gasteiger partial charge is 0.241 e. The number of rotatable bonds is 9. The highest BCUT2D eigenvalue weighted by Crippen LogP contribution is 2.32. The average molecular weight is 366 g/mol. The van der Waals surface area contributed by atoms with Gasteiger partial charge in [0.25, 0.3) is 0 Å². The van der Waals surface area contributed by atoms with Crippen LogP contribution >= 0.6 is 0 Å². The molecule has 27 heavy (non-hydrogen) atoms. The van der Waals surface area contributed by atoms with Crippen LogP contribution in [0.5, 0.6) is 11.5 Å². The number of hydrogen-bond donors (Lipinski definition) is 1. The molecule has 0 aromatic heterocycles. The molecular formula is C22H26N2O3. The quantitative estimate of drug-likeness (QED) is 0.681. The predicted octanol–water partition coefficient (Wildman–Crippen LogP) is 4.08. The van der Waals surface area contributed by atoms with Crippen molar-refractivity contribution in [2.45, 2.75) is 38.0 Å². The second-order valence-electron chi connectivity index (χ2n) is 6.68. The third-order valence-corrected chi connectivity index (χ3v) is 4.68. The van der Waals surface area contributed by atoms with Crippen molar-refractivity contribution in [1.82, 2.24) is 5.43 Å². The molecule has 1 amide bonds. The highest BCUT2D eigenvalue weighted by Gasteiger charge is 2.19. The van der Waals surface area contributed by atoms with E-state index in [0.29, 0.717) is 18.8 Å². The number of nitrogens with one attached hydrogen (secondary N) is 1. The first-order chi connectivity index (χ1) is 13.3. The van der Waals surface area contributed by atoms with Crippen LogP contribution in [0.2, 0.25) is 0 Å². The Kier molecular flexibility index (Phi) is 6.85. The normalized spacial score (nSPS) is 16.0. The summed E-state index contributed by atoms with van der Waals surface area (Å²) in [6.45, 7) is 0.647. The monoisotopic (exact) mass is 366 g/mol. The third kappa shape index (κ3) is 5.58. The molecule has 0 radical (unpaired) electrons. The molecular weight excluding hydrogens is 340 g/mol. The molecule has 1 aliphatic heterocycles. The van der Waals surface area contributed by atoms with Crippen molar-refractivity contribution < 1.29 is 14.3 Å². The lowest BCUT2D eigenvalue weighted by atomic mass is 9.95. The topological polar surface area (TPSA) is 59.9 Å². The van der Waals surface area contributed by atoms with E-state index in [1.807, 2.05) is 24.3 Å². The molecule has 5 nitrogen and oxygen atoms in total. The summed E-state index contributed by atoms with van der Waals surface area (Å²) >= 11 is 0. The second-order valence-corrected chi connectivity index (χ2v) is 6.68. The van der Waals surface area contributed by atoms with Crippen LogP contribution in [0.1, 0.15) is 42.7 Å². The zero-order valence-corrected chi connectivity index (χ0v) is 15.7. The lowest BCUT2D eigenvalue weighted by Gasteiger charge is -2.18. The second kappa shape index (κ2) is 9.76. The van der Waals surface area contributed by atoms with Gasteiger partial charge in [0.2, 0.25) is 5.91 Å². The van der Waals surface area contributed by atoms with Crippen molar-refractivity contribution in [3.05, 3.63) is 59.7 Å². The number of nitrogens with zero attached hydrogens (tertiary/aromatic N) is 1. The third-order valence-electron chi connectivity index (χ3n) is 4.68. The van der Waals surface area contributed by atoms with Gasteiger partial charge in [0, 0.05) is 18.6 Å². The molecule has 5 heteroatoms. The molecule has 1 N–H and O–H groups in total. The molecule has 2 aromatic rings. The maximum atomic E-state index is 11.5. The van der Waals surface area contributed by atoms with E-state index in [1.54, 1.807) is 13.3 Å². The summed E-state index contributed by atoms with van der Waals surface area (Å²) in [4.78, 5) is 11.5. The van der Waals surface area contributed by atoms with Crippen LogP contribution in [-0.2, 0) is 11.2 Å². The molecule has 0 spiro atoms. The fourth-order valence-electron chi connectivity index (χ4n) is 3.17.